The molecule has 0 radical (unpaired) electrons. The molecule has 1 aromatic heterocycles. The summed E-state index contributed by atoms with van der Waals surface area (Å²) in [6.45, 7) is 9.49. The maximum Gasteiger partial charge on any atom is 0.0547 e. The lowest BCUT2D eigenvalue weighted by molar-refractivity contribution is 0.660. The Hall–Kier alpha value is -8.20. The lowest BCUT2D eigenvalue weighted by Crippen LogP contribution is -2.18. The topological polar surface area (TPSA) is 8.17 Å². The number of para-hydroxylation sites is 2. The molecule has 1 heterocycles. The molecule has 2 aliphatic carbocycles. The molecule has 11 aromatic rings. The number of benzene rings is 10. The van der Waals surface area contributed by atoms with E-state index < -0.39 is 0 Å². The third kappa shape index (κ3) is 6.17. The van der Waals surface area contributed by atoms with Crippen LogP contribution in [0, 0.1) is 0 Å². The molecule has 0 N–H and O–H groups in total. The highest BCUT2D eigenvalue weighted by Crippen LogP contribution is 2.53. The van der Waals surface area contributed by atoms with Gasteiger partial charge in [-0.05, 0) is 157 Å². The normalized spacial score (nSPS) is 13.8. The smallest absolute Gasteiger partial charge is 0.0547 e. The predicted molar refractivity (Wildman–Crippen MR) is 287 cm³/mol. The van der Waals surface area contributed by atoms with Crippen molar-refractivity contribution in [2.24, 2.45) is 0 Å². The molecular weight excluding hydrogens is 821 g/mol. The van der Waals surface area contributed by atoms with E-state index in [1.807, 2.05) is 0 Å². The molecule has 0 spiro atoms. The Morgan fingerprint density at radius 1 is 0.294 bits per heavy atom. The Balaban J connectivity index is 0.989. The molecule has 0 bridgehead atoms. The van der Waals surface area contributed by atoms with Crippen molar-refractivity contribution < 1.29 is 0 Å². The molecule has 0 saturated carbocycles. The Morgan fingerprint density at radius 2 is 0.765 bits per heavy atom. The number of aromatic nitrogens is 1. The first-order valence-electron chi connectivity index (χ1n) is 23.9. The molecule has 10 aromatic carbocycles. The van der Waals surface area contributed by atoms with Crippen LogP contribution in [0.3, 0.4) is 0 Å². The summed E-state index contributed by atoms with van der Waals surface area (Å²) in [7, 11) is 0. The van der Waals surface area contributed by atoms with Gasteiger partial charge in [-0.3, -0.25) is 0 Å². The fourth-order valence-electron chi connectivity index (χ4n) is 11.7. The molecule has 68 heavy (non-hydrogen) atoms. The second kappa shape index (κ2) is 15.2. The number of anilines is 3. The van der Waals surface area contributed by atoms with E-state index >= 15 is 0 Å². The van der Waals surface area contributed by atoms with E-state index in [-0.39, 0.29) is 10.8 Å². The van der Waals surface area contributed by atoms with E-state index in [9.17, 15) is 0 Å². The first-order chi connectivity index (χ1) is 33.2. The molecule has 2 nitrogen and oxygen atoms in total. The number of fused-ring (bicyclic) bond motifs is 9. The van der Waals surface area contributed by atoms with Gasteiger partial charge >= 0.3 is 0 Å². The SMILES string of the molecule is CC1(C)c2ccccc2-c2ccc(N(c3cccc(-c4cc(-c5ccccc5)cc(-c5ccc6c7ccccc7n(-c7ccccc7)c6c5)c4)c3)c3ccc4c(c3)C(C)(C)c3ccccc3-4)cc21. The number of hydrogen-bond acceptors (Lipinski definition) is 1. The molecular formula is C66H50N2. The van der Waals surface area contributed by atoms with Crippen LogP contribution in [0.1, 0.15) is 49.9 Å². The van der Waals surface area contributed by atoms with Crippen LogP contribution in [0.2, 0.25) is 0 Å². The van der Waals surface area contributed by atoms with Crippen molar-refractivity contribution in [3.63, 3.8) is 0 Å². The Bertz CT molecular complexity index is 3690. The second-order valence-electron chi connectivity index (χ2n) is 19.8. The van der Waals surface area contributed by atoms with Crippen LogP contribution in [0.25, 0.3) is 83.1 Å². The van der Waals surface area contributed by atoms with E-state index in [0.29, 0.717) is 0 Å². The number of rotatable bonds is 7. The Kier molecular flexibility index (Phi) is 8.95. The first kappa shape index (κ1) is 40.1. The zero-order valence-corrected chi connectivity index (χ0v) is 38.8. The number of hydrogen-bond donors (Lipinski definition) is 0. The van der Waals surface area contributed by atoms with E-state index in [1.165, 1.54) is 94.1 Å². The highest BCUT2D eigenvalue weighted by atomic mass is 15.1. The van der Waals surface area contributed by atoms with Crippen LogP contribution in [0.15, 0.2) is 231 Å². The molecule has 13 rings (SSSR count). The molecule has 0 aliphatic heterocycles. The molecule has 0 saturated heterocycles. The molecule has 0 fully saturated rings. The van der Waals surface area contributed by atoms with Gasteiger partial charge in [0.1, 0.15) is 0 Å². The summed E-state index contributed by atoms with van der Waals surface area (Å²) in [4.78, 5) is 2.49. The van der Waals surface area contributed by atoms with Gasteiger partial charge in [0.2, 0.25) is 0 Å². The van der Waals surface area contributed by atoms with Crippen molar-refractivity contribution in [3.8, 4) is 61.3 Å². The quantitative estimate of drug-likeness (QED) is 0.155. The van der Waals surface area contributed by atoms with Crippen LogP contribution in [0.4, 0.5) is 17.1 Å². The first-order valence-corrected chi connectivity index (χ1v) is 23.9. The third-order valence-corrected chi connectivity index (χ3v) is 15.1. The fourth-order valence-corrected chi connectivity index (χ4v) is 11.7. The van der Waals surface area contributed by atoms with Crippen LogP contribution < -0.4 is 4.90 Å². The van der Waals surface area contributed by atoms with Gasteiger partial charge in [0, 0.05) is 44.4 Å². The summed E-state index contributed by atoms with van der Waals surface area (Å²) in [5.74, 6) is 0. The van der Waals surface area contributed by atoms with Crippen LogP contribution >= 0.6 is 0 Å². The minimum Gasteiger partial charge on any atom is -0.310 e. The predicted octanol–water partition coefficient (Wildman–Crippen LogP) is 17.9. The van der Waals surface area contributed by atoms with Gasteiger partial charge in [0.05, 0.1) is 11.0 Å². The Labute approximate surface area is 399 Å². The fraction of sp³-hybridized carbons (Fsp3) is 0.0909. The highest BCUT2D eigenvalue weighted by molar-refractivity contribution is 6.10. The van der Waals surface area contributed by atoms with E-state index in [4.69, 9.17) is 0 Å². The largest absolute Gasteiger partial charge is 0.310 e. The average molecular weight is 871 g/mol. The molecule has 0 amide bonds. The summed E-state index contributed by atoms with van der Waals surface area (Å²) in [5, 5.41) is 2.50. The van der Waals surface area contributed by atoms with Gasteiger partial charge < -0.3 is 9.47 Å². The van der Waals surface area contributed by atoms with Crippen molar-refractivity contribution in [1.82, 2.24) is 4.57 Å². The van der Waals surface area contributed by atoms with Gasteiger partial charge in [0.15, 0.2) is 0 Å². The summed E-state index contributed by atoms with van der Waals surface area (Å²) in [6, 6.07) is 85.7. The van der Waals surface area contributed by atoms with E-state index in [2.05, 4.69) is 268 Å². The lowest BCUT2D eigenvalue weighted by atomic mass is 9.82. The zero-order valence-electron chi connectivity index (χ0n) is 38.8. The van der Waals surface area contributed by atoms with Gasteiger partial charge in [-0.1, -0.05) is 179 Å². The molecule has 324 valence electrons. The highest BCUT2D eigenvalue weighted by Gasteiger charge is 2.38. The van der Waals surface area contributed by atoms with Crippen molar-refractivity contribution in [1.29, 1.82) is 0 Å². The molecule has 2 heteroatoms. The minimum absolute atomic E-state index is 0.135. The Morgan fingerprint density at radius 3 is 1.40 bits per heavy atom. The molecule has 0 atom stereocenters. The standard InChI is InChI=1S/C66H50N2/c1-65(2)59-27-14-11-24-53(59)55-34-31-51(41-61(55)65)67(52-32-35-56-54-25-12-15-28-60(54)66(3,4)62(56)42-52)50-23-17-20-44(39-50)47-36-46(43-18-7-5-8-19-43)37-48(38-47)45-30-33-58-57-26-13-16-29-63(57)68(64(58)40-45)49-21-9-6-10-22-49/h5-42H,1-4H3. The van der Waals surface area contributed by atoms with Crippen molar-refractivity contribution in [3.05, 3.63) is 253 Å². The van der Waals surface area contributed by atoms with E-state index in [1.54, 1.807) is 0 Å². The lowest BCUT2D eigenvalue weighted by Gasteiger charge is -2.30. The van der Waals surface area contributed by atoms with Crippen molar-refractivity contribution >= 4 is 38.9 Å². The van der Waals surface area contributed by atoms with Gasteiger partial charge in [0.25, 0.3) is 0 Å². The second-order valence-corrected chi connectivity index (χ2v) is 19.8. The maximum atomic E-state index is 2.49. The van der Waals surface area contributed by atoms with Gasteiger partial charge in [-0.15, -0.1) is 0 Å². The number of nitrogens with zero attached hydrogens (tertiary/aromatic N) is 2. The van der Waals surface area contributed by atoms with Gasteiger partial charge in [-0.2, -0.15) is 0 Å². The summed E-state index contributed by atoms with van der Waals surface area (Å²) in [5.41, 5.74) is 24.5. The van der Waals surface area contributed by atoms with Crippen LogP contribution in [-0.4, -0.2) is 4.57 Å². The van der Waals surface area contributed by atoms with Crippen molar-refractivity contribution in [2.75, 3.05) is 4.90 Å². The zero-order chi connectivity index (χ0) is 45.7. The molecule has 2 aliphatic rings. The van der Waals surface area contributed by atoms with E-state index in [0.717, 1.165) is 28.3 Å². The summed E-state index contributed by atoms with van der Waals surface area (Å²) >= 11 is 0. The monoisotopic (exact) mass is 870 g/mol. The van der Waals surface area contributed by atoms with Crippen molar-refractivity contribution in [2.45, 2.75) is 38.5 Å². The van der Waals surface area contributed by atoms with Gasteiger partial charge in [-0.25, -0.2) is 0 Å². The molecule has 0 unspecified atom stereocenters. The summed E-state index contributed by atoms with van der Waals surface area (Å²) in [6.07, 6.45) is 0. The van der Waals surface area contributed by atoms with Crippen LogP contribution in [0.5, 0.6) is 0 Å². The minimum atomic E-state index is -0.135. The summed E-state index contributed by atoms with van der Waals surface area (Å²) < 4.78 is 2.41. The van der Waals surface area contributed by atoms with Crippen LogP contribution in [-0.2, 0) is 10.8 Å². The average Bonchev–Trinajstić information content (AvgIpc) is 3.93. The maximum absolute atomic E-state index is 2.49. The third-order valence-electron chi connectivity index (χ3n) is 15.1.